The van der Waals surface area contributed by atoms with Crippen molar-refractivity contribution in [2.24, 2.45) is 0 Å². The lowest BCUT2D eigenvalue weighted by Gasteiger charge is -2.35. The summed E-state index contributed by atoms with van der Waals surface area (Å²) < 4.78 is -0.416. The van der Waals surface area contributed by atoms with Gasteiger partial charge in [0, 0.05) is 12.1 Å². The van der Waals surface area contributed by atoms with E-state index in [9.17, 15) is 10.1 Å². The quantitative estimate of drug-likeness (QED) is 0.160. The van der Waals surface area contributed by atoms with Crippen LogP contribution in [-0.4, -0.2) is 4.92 Å². The van der Waals surface area contributed by atoms with Crippen molar-refractivity contribution in [3.63, 3.8) is 0 Å². The van der Waals surface area contributed by atoms with Crippen molar-refractivity contribution in [1.29, 1.82) is 0 Å². The molecule has 0 aliphatic rings. The average Bonchev–Trinajstić information content (AvgIpc) is 2.48. The van der Waals surface area contributed by atoms with Gasteiger partial charge in [0.05, 0.1) is 4.92 Å². The number of hydrogen-bond donors (Lipinski definition) is 0. The van der Waals surface area contributed by atoms with Crippen molar-refractivity contribution in [2.45, 2.75) is 2.86 Å². The van der Waals surface area contributed by atoms with Crippen LogP contribution in [0.5, 0.6) is 0 Å². The van der Waals surface area contributed by atoms with Gasteiger partial charge in [-0.05, 0) is 23.3 Å². The summed E-state index contributed by atoms with van der Waals surface area (Å²) in [6.45, 7) is 0. The highest BCUT2D eigenvalue weighted by atomic mass is 127. The van der Waals surface area contributed by atoms with Crippen molar-refractivity contribution < 1.29 is 4.92 Å². The van der Waals surface area contributed by atoms with Gasteiger partial charge in [-0.2, -0.15) is 0 Å². The summed E-state index contributed by atoms with van der Waals surface area (Å²) in [4.78, 5) is 10.4. The smallest absolute Gasteiger partial charge is 0.258 e. The van der Waals surface area contributed by atoms with Crippen LogP contribution in [0.3, 0.4) is 0 Å². The monoisotopic (exact) mass is 731 g/mol. The lowest BCUT2D eigenvalue weighted by atomic mass is 10.0. The maximum absolute atomic E-state index is 10.8. The largest absolute Gasteiger partial charge is 0.269 e. The molecule has 0 atom stereocenters. The van der Waals surface area contributed by atoms with Crippen molar-refractivity contribution in [1.82, 2.24) is 0 Å². The highest BCUT2D eigenvalue weighted by molar-refractivity contribution is 14.2. The summed E-state index contributed by atoms with van der Waals surface area (Å²) in [5.74, 6) is 0. The minimum absolute atomic E-state index is 0.120. The molecule has 2 aromatic rings. The number of non-ortho nitro benzene ring substituents is 1. The Morgan fingerprint density at radius 2 is 1.19 bits per heavy atom. The van der Waals surface area contributed by atoms with Gasteiger partial charge in [-0.1, -0.05) is 121 Å². The molecule has 2 aromatic carbocycles. The van der Waals surface area contributed by atoms with Crippen LogP contribution in [0.25, 0.3) is 0 Å². The number of benzene rings is 2. The molecule has 2 rings (SSSR count). The van der Waals surface area contributed by atoms with Crippen LogP contribution >= 0.6 is 90.4 Å². The van der Waals surface area contributed by atoms with Crippen LogP contribution in [0.2, 0.25) is 0 Å². The zero-order valence-electron chi connectivity index (χ0n) is 10.5. The number of rotatable bonds is 4. The molecule has 21 heavy (non-hydrogen) atoms. The average molecular weight is 731 g/mol. The van der Waals surface area contributed by atoms with E-state index in [1.807, 2.05) is 30.3 Å². The second-order valence-electron chi connectivity index (χ2n) is 4.32. The highest BCUT2D eigenvalue weighted by Gasteiger charge is 2.47. The molecular formula is C14H9I4NO2. The van der Waals surface area contributed by atoms with Crippen LogP contribution in [0, 0.1) is 10.1 Å². The molecule has 3 nitrogen and oxygen atoms in total. The summed E-state index contributed by atoms with van der Waals surface area (Å²) in [6, 6.07) is 17.1. The lowest BCUT2D eigenvalue weighted by Crippen LogP contribution is -2.29. The molecule has 0 saturated carbocycles. The van der Waals surface area contributed by atoms with E-state index >= 15 is 0 Å². The standard InChI is InChI=1S/C14H9I4NO2/c15-13(16,10-4-2-1-3-5-10)14(17,18)11-6-8-12(9-7-11)19(20)21/h1-9H. The van der Waals surface area contributed by atoms with Gasteiger partial charge >= 0.3 is 0 Å². The van der Waals surface area contributed by atoms with Crippen LogP contribution in [0.4, 0.5) is 5.69 Å². The Hall–Kier alpha value is 0.760. The number of nitrogens with zero attached hydrogens (tertiary/aromatic N) is 1. The first-order valence-electron chi connectivity index (χ1n) is 5.83. The van der Waals surface area contributed by atoms with Crippen LogP contribution in [0.15, 0.2) is 54.6 Å². The van der Waals surface area contributed by atoms with Crippen molar-refractivity contribution in [3.8, 4) is 0 Å². The maximum Gasteiger partial charge on any atom is 0.269 e. The fourth-order valence-electron chi connectivity index (χ4n) is 1.80. The van der Waals surface area contributed by atoms with E-state index in [-0.39, 0.29) is 13.5 Å². The minimum atomic E-state index is -0.371. The van der Waals surface area contributed by atoms with E-state index in [4.69, 9.17) is 0 Å². The maximum atomic E-state index is 10.8. The molecule has 0 bridgehead atoms. The van der Waals surface area contributed by atoms with E-state index in [0.29, 0.717) is 0 Å². The first-order valence-corrected chi connectivity index (χ1v) is 10.1. The molecule has 0 unspecified atom stereocenters. The van der Waals surface area contributed by atoms with Gasteiger partial charge in [0.15, 0.2) is 0 Å². The third-order valence-electron chi connectivity index (χ3n) is 2.97. The molecular weight excluding hydrogens is 722 g/mol. The SMILES string of the molecule is O=[N+]([O-])c1ccc(C(I)(I)C(I)(I)c2ccccc2)cc1. The summed E-state index contributed by atoms with van der Waals surface area (Å²) in [6.07, 6.45) is 0. The molecule has 0 aromatic heterocycles. The summed E-state index contributed by atoms with van der Waals surface area (Å²) >= 11 is 9.73. The van der Waals surface area contributed by atoms with Gasteiger partial charge in [0.1, 0.15) is 2.86 Å². The predicted octanol–water partition coefficient (Wildman–Crippen LogP) is 6.34. The second-order valence-corrected chi connectivity index (χ2v) is 14.9. The summed E-state index contributed by atoms with van der Waals surface area (Å²) in [5.41, 5.74) is 2.39. The number of alkyl halides is 4. The Kier molecular flexibility index (Phi) is 6.13. The van der Waals surface area contributed by atoms with E-state index in [1.54, 1.807) is 12.1 Å². The molecule has 110 valence electrons. The molecule has 0 fully saturated rings. The first kappa shape index (κ1) is 18.1. The Balaban J connectivity index is 2.43. The molecule has 0 spiro atoms. The zero-order valence-corrected chi connectivity index (χ0v) is 19.1. The molecule has 0 radical (unpaired) electrons. The van der Waals surface area contributed by atoms with E-state index in [1.165, 1.54) is 5.56 Å². The molecule has 0 heterocycles. The molecule has 0 saturated heterocycles. The number of nitro benzene ring substituents is 1. The third-order valence-corrected chi connectivity index (χ3v) is 12.8. The number of halogens is 4. The predicted molar refractivity (Wildman–Crippen MR) is 119 cm³/mol. The molecule has 0 aliphatic heterocycles. The summed E-state index contributed by atoms with van der Waals surface area (Å²) in [5, 5.41) is 10.8. The van der Waals surface area contributed by atoms with Gasteiger partial charge in [0.2, 0.25) is 0 Å². The third kappa shape index (κ3) is 3.82. The Labute approximate surface area is 177 Å². The Morgan fingerprint density at radius 1 is 0.762 bits per heavy atom. The molecule has 7 heteroatoms. The zero-order chi connectivity index (χ0) is 15.7. The molecule has 0 amide bonds. The topological polar surface area (TPSA) is 43.1 Å². The summed E-state index contributed by atoms with van der Waals surface area (Å²) in [7, 11) is 0. The van der Waals surface area contributed by atoms with E-state index in [2.05, 4.69) is 102 Å². The molecule has 0 N–H and O–H groups in total. The fourth-order valence-corrected chi connectivity index (χ4v) is 4.49. The molecule has 0 aliphatic carbocycles. The fraction of sp³-hybridized carbons (Fsp3) is 0.143. The van der Waals surface area contributed by atoms with Gasteiger partial charge in [-0.15, -0.1) is 0 Å². The normalized spacial score (nSPS) is 12.2. The first-order chi connectivity index (χ1) is 9.76. The Morgan fingerprint density at radius 3 is 1.62 bits per heavy atom. The highest BCUT2D eigenvalue weighted by Crippen LogP contribution is 2.62. The van der Waals surface area contributed by atoms with Gasteiger partial charge in [-0.25, -0.2) is 0 Å². The number of nitro groups is 1. The van der Waals surface area contributed by atoms with Gasteiger partial charge in [-0.3, -0.25) is 10.1 Å². The van der Waals surface area contributed by atoms with Crippen molar-refractivity contribution in [2.75, 3.05) is 0 Å². The van der Waals surface area contributed by atoms with Crippen molar-refractivity contribution >= 4 is 96.1 Å². The van der Waals surface area contributed by atoms with Crippen molar-refractivity contribution in [3.05, 3.63) is 75.8 Å². The lowest BCUT2D eigenvalue weighted by molar-refractivity contribution is -0.384. The minimum Gasteiger partial charge on any atom is -0.258 e. The van der Waals surface area contributed by atoms with E-state index in [0.717, 1.165) is 5.56 Å². The second kappa shape index (κ2) is 7.11. The number of hydrogen-bond acceptors (Lipinski definition) is 2. The Bertz CT molecular complexity index is 642. The van der Waals surface area contributed by atoms with Gasteiger partial charge in [0.25, 0.3) is 5.69 Å². The van der Waals surface area contributed by atoms with Gasteiger partial charge < -0.3 is 0 Å². The van der Waals surface area contributed by atoms with Crippen LogP contribution in [-0.2, 0) is 2.86 Å². The van der Waals surface area contributed by atoms with Crippen LogP contribution in [0.1, 0.15) is 11.1 Å². The van der Waals surface area contributed by atoms with Crippen LogP contribution < -0.4 is 0 Å². The van der Waals surface area contributed by atoms with E-state index < -0.39 is 0 Å².